The molecule has 0 radical (unpaired) electrons. The number of rotatable bonds is 4. The highest BCUT2D eigenvalue weighted by Gasteiger charge is 2.57. The Morgan fingerprint density at radius 1 is 1.45 bits per heavy atom. The maximum atomic E-state index is 13.3. The van der Waals surface area contributed by atoms with Crippen molar-refractivity contribution < 1.29 is 9.18 Å². The molecular weight excluding hydrogens is 323 g/mol. The Labute approximate surface area is 141 Å². The van der Waals surface area contributed by atoms with Gasteiger partial charge in [-0.25, -0.2) is 4.39 Å². The predicted molar refractivity (Wildman–Crippen MR) is 89.9 cm³/mol. The van der Waals surface area contributed by atoms with E-state index < -0.39 is 0 Å². The summed E-state index contributed by atoms with van der Waals surface area (Å²) >= 11 is 1.58. The standard InChI is InChI=1S/C16H21FN2OS.ClH/c1-21-14-3-2-12(17)8-11(14)10-19-15(20)13-9-16(13)4-6-18-7-5-16;/h2-3,8,13,18H,4-7,9-10H2,1H3,(H,19,20);1H. The Morgan fingerprint density at radius 2 is 2.18 bits per heavy atom. The van der Waals surface area contributed by atoms with Crippen LogP contribution in [0.4, 0.5) is 4.39 Å². The van der Waals surface area contributed by atoms with Gasteiger partial charge < -0.3 is 10.6 Å². The third-order valence-electron chi connectivity index (χ3n) is 4.80. The molecule has 1 amide bonds. The van der Waals surface area contributed by atoms with Gasteiger partial charge in [0.2, 0.25) is 5.91 Å². The van der Waals surface area contributed by atoms with E-state index in [0.717, 1.165) is 42.8 Å². The van der Waals surface area contributed by atoms with Gasteiger partial charge in [0.25, 0.3) is 0 Å². The summed E-state index contributed by atoms with van der Waals surface area (Å²) in [4.78, 5) is 13.3. The van der Waals surface area contributed by atoms with E-state index in [-0.39, 0.29) is 35.5 Å². The number of piperidine rings is 1. The van der Waals surface area contributed by atoms with E-state index >= 15 is 0 Å². The molecule has 0 bridgehead atoms. The largest absolute Gasteiger partial charge is 0.352 e. The number of benzene rings is 1. The fraction of sp³-hybridized carbons (Fsp3) is 0.562. The number of thioether (sulfide) groups is 1. The molecule has 2 N–H and O–H groups in total. The number of nitrogens with one attached hydrogen (secondary N) is 2. The molecule has 1 aliphatic carbocycles. The molecule has 1 aromatic rings. The van der Waals surface area contributed by atoms with Crippen LogP contribution in [-0.2, 0) is 11.3 Å². The van der Waals surface area contributed by atoms with Gasteiger partial charge in [0.15, 0.2) is 0 Å². The normalized spacial score (nSPS) is 22.0. The predicted octanol–water partition coefficient (Wildman–Crippen LogP) is 2.98. The molecule has 1 heterocycles. The Kier molecular flexibility index (Phi) is 5.75. The van der Waals surface area contributed by atoms with Crippen molar-refractivity contribution in [1.29, 1.82) is 0 Å². The van der Waals surface area contributed by atoms with Gasteiger partial charge in [0, 0.05) is 17.4 Å². The molecule has 1 aliphatic heterocycles. The van der Waals surface area contributed by atoms with Crippen LogP contribution in [0.5, 0.6) is 0 Å². The van der Waals surface area contributed by atoms with E-state index in [9.17, 15) is 9.18 Å². The first kappa shape index (κ1) is 17.6. The van der Waals surface area contributed by atoms with E-state index in [0.29, 0.717) is 6.54 Å². The van der Waals surface area contributed by atoms with E-state index in [1.165, 1.54) is 12.1 Å². The average Bonchev–Trinajstić information content (AvgIpc) is 3.19. The lowest BCUT2D eigenvalue weighted by molar-refractivity contribution is -0.123. The third-order valence-corrected chi connectivity index (χ3v) is 5.64. The summed E-state index contributed by atoms with van der Waals surface area (Å²) < 4.78 is 13.3. The molecule has 1 spiro atoms. The molecule has 3 nitrogen and oxygen atoms in total. The van der Waals surface area contributed by atoms with Gasteiger partial charge in [0.05, 0.1) is 0 Å². The number of hydrogen-bond acceptors (Lipinski definition) is 3. The summed E-state index contributed by atoms with van der Waals surface area (Å²) in [5.74, 6) is 0.0393. The fourth-order valence-electron chi connectivity index (χ4n) is 3.39. The molecule has 122 valence electrons. The molecule has 0 aromatic heterocycles. The molecule has 1 atom stereocenters. The summed E-state index contributed by atoms with van der Waals surface area (Å²) in [5.41, 5.74) is 1.11. The number of halogens is 2. The van der Waals surface area contributed by atoms with Crippen LogP contribution in [-0.4, -0.2) is 25.3 Å². The zero-order chi connectivity index (χ0) is 14.9. The number of carbonyl (C=O) groups is 1. The van der Waals surface area contributed by atoms with Gasteiger partial charge in [0.1, 0.15) is 5.82 Å². The van der Waals surface area contributed by atoms with Crippen molar-refractivity contribution in [2.75, 3.05) is 19.3 Å². The highest BCUT2D eigenvalue weighted by Crippen LogP contribution is 2.58. The van der Waals surface area contributed by atoms with Gasteiger partial charge in [-0.3, -0.25) is 4.79 Å². The lowest BCUT2D eigenvalue weighted by atomic mass is 9.92. The van der Waals surface area contributed by atoms with Crippen LogP contribution < -0.4 is 10.6 Å². The first-order chi connectivity index (χ1) is 10.1. The summed E-state index contributed by atoms with van der Waals surface area (Å²) in [7, 11) is 0. The second-order valence-electron chi connectivity index (χ2n) is 6.04. The summed E-state index contributed by atoms with van der Waals surface area (Å²) in [6, 6.07) is 4.74. The minimum absolute atomic E-state index is 0. The molecular formula is C16H22ClFN2OS. The lowest BCUT2D eigenvalue weighted by Crippen LogP contribution is -2.33. The van der Waals surface area contributed by atoms with Crippen LogP contribution in [0.15, 0.2) is 23.1 Å². The maximum absolute atomic E-state index is 13.3. The van der Waals surface area contributed by atoms with Gasteiger partial charge >= 0.3 is 0 Å². The third kappa shape index (κ3) is 3.58. The van der Waals surface area contributed by atoms with E-state index in [4.69, 9.17) is 0 Å². The van der Waals surface area contributed by atoms with Gasteiger partial charge in [-0.2, -0.15) is 0 Å². The second kappa shape index (κ2) is 7.20. The minimum Gasteiger partial charge on any atom is -0.352 e. The summed E-state index contributed by atoms with van der Waals surface area (Å²) in [5, 5.41) is 6.34. The van der Waals surface area contributed by atoms with Crippen LogP contribution in [0.3, 0.4) is 0 Å². The molecule has 3 rings (SSSR count). The summed E-state index contributed by atoms with van der Waals surface area (Å²) in [6.07, 6.45) is 5.17. The van der Waals surface area contributed by atoms with Gasteiger partial charge in [-0.05, 0) is 67.8 Å². The first-order valence-electron chi connectivity index (χ1n) is 7.45. The Hall–Kier alpha value is -0.780. The van der Waals surface area contributed by atoms with Crippen LogP contribution in [0.25, 0.3) is 0 Å². The fourth-order valence-corrected chi connectivity index (χ4v) is 3.98. The quantitative estimate of drug-likeness (QED) is 0.825. The van der Waals surface area contributed by atoms with Crippen LogP contribution in [0.2, 0.25) is 0 Å². The first-order valence-corrected chi connectivity index (χ1v) is 8.68. The van der Waals surface area contributed by atoms with E-state index in [2.05, 4.69) is 10.6 Å². The number of amides is 1. The summed E-state index contributed by atoms with van der Waals surface area (Å²) in [6.45, 7) is 2.45. The number of carbonyl (C=O) groups excluding carboxylic acids is 1. The van der Waals surface area contributed by atoms with E-state index in [1.54, 1.807) is 17.8 Å². The molecule has 1 saturated carbocycles. The van der Waals surface area contributed by atoms with Gasteiger partial charge in [-0.15, -0.1) is 24.2 Å². The molecule has 6 heteroatoms. The molecule has 2 aliphatic rings. The van der Waals surface area contributed by atoms with Crippen molar-refractivity contribution in [2.24, 2.45) is 11.3 Å². The zero-order valence-corrected chi connectivity index (χ0v) is 14.3. The Morgan fingerprint density at radius 3 is 2.86 bits per heavy atom. The minimum atomic E-state index is -0.252. The van der Waals surface area contributed by atoms with Crippen molar-refractivity contribution in [2.45, 2.75) is 30.7 Å². The monoisotopic (exact) mass is 344 g/mol. The maximum Gasteiger partial charge on any atom is 0.223 e. The topological polar surface area (TPSA) is 41.1 Å². The average molecular weight is 345 g/mol. The molecule has 1 aromatic carbocycles. The highest BCUT2D eigenvalue weighted by atomic mass is 35.5. The molecule has 22 heavy (non-hydrogen) atoms. The van der Waals surface area contributed by atoms with Crippen molar-refractivity contribution in [1.82, 2.24) is 10.6 Å². The lowest BCUT2D eigenvalue weighted by Gasteiger charge is -2.23. The second-order valence-corrected chi connectivity index (χ2v) is 6.89. The SMILES string of the molecule is CSc1ccc(F)cc1CNC(=O)C1CC12CCNCC2.Cl. The highest BCUT2D eigenvalue weighted by molar-refractivity contribution is 7.98. The van der Waals surface area contributed by atoms with Crippen molar-refractivity contribution in [3.8, 4) is 0 Å². The Balaban J connectivity index is 0.00000176. The van der Waals surface area contributed by atoms with Crippen molar-refractivity contribution in [3.63, 3.8) is 0 Å². The Bertz CT molecular complexity index is 549. The zero-order valence-electron chi connectivity index (χ0n) is 12.7. The van der Waals surface area contributed by atoms with Gasteiger partial charge in [-0.1, -0.05) is 0 Å². The smallest absolute Gasteiger partial charge is 0.223 e. The van der Waals surface area contributed by atoms with Crippen molar-refractivity contribution >= 4 is 30.1 Å². The molecule has 2 fully saturated rings. The van der Waals surface area contributed by atoms with Crippen LogP contribution in [0.1, 0.15) is 24.8 Å². The van der Waals surface area contributed by atoms with Crippen LogP contribution in [0, 0.1) is 17.2 Å². The van der Waals surface area contributed by atoms with E-state index in [1.807, 2.05) is 6.26 Å². The van der Waals surface area contributed by atoms with Crippen LogP contribution >= 0.6 is 24.2 Å². The van der Waals surface area contributed by atoms with Crippen molar-refractivity contribution in [3.05, 3.63) is 29.6 Å². The molecule has 1 unspecified atom stereocenters. The number of hydrogen-bond donors (Lipinski definition) is 2. The molecule has 1 saturated heterocycles.